The highest BCUT2D eigenvalue weighted by molar-refractivity contribution is 8.13. The van der Waals surface area contributed by atoms with E-state index in [0.29, 0.717) is 19.0 Å². The molecule has 0 aromatic carbocycles. The number of carbonyl (C=O) groups excluding carboxylic acids is 1. The normalized spacial score (nSPS) is 22.7. The number of aliphatic imine (C=N–C) groups is 1. The smallest absolute Gasteiger partial charge is 0.223 e. The van der Waals surface area contributed by atoms with Crippen LogP contribution in [0.15, 0.2) is 4.99 Å². The van der Waals surface area contributed by atoms with Gasteiger partial charge in [-0.3, -0.25) is 9.79 Å². The lowest BCUT2D eigenvalue weighted by atomic mass is 9.85. The molecule has 0 aromatic heterocycles. The molecule has 1 N–H and O–H groups in total. The van der Waals surface area contributed by atoms with Gasteiger partial charge in [0.1, 0.15) is 0 Å². The number of hydrogen-bond donors (Lipinski definition) is 1. The number of thioether (sulfide) groups is 1. The number of amides is 1. The summed E-state index contributed by atoms with van der Waals surface area (Å²) in [7, 11) is 3.55. The third-order valence-corrected chi connectivity index (χ3v) is 4.03. The fraction of sp³-hybridized carbons (Fsp3) is 0.846. The van der Waals surface area contributed by atoms with E-state index in [4.69, 9.17) is 0 Å². The minimum absolute atomic E-state index is 0.132. The van der Waals surface area contributed by atoms with E-state index in [9.17, 15) is 4.79 Å². The lowest BCUT2D eigenvalue weighted by Crippen LogP contribution is -2.46. The van der Waals surface area contributed by atoms with Crippen molar-refractivity contribution in [3.8, 4) is 0 Å². The Labute approximate surface area is 115 Å². The molecule has 1 saturated heterocycles. The molecule has 0 spiro atoms. The van der Waals surface area contributed by atoms with E-state index in [2.05, 4.69) is 31.1 Å². The van der Waals surface area contributed by atoms with Crippen molar-refractivity contribution in [2.45, 2.75) is 39.7 Å². The van der Waals surface area contributed by atoms with Gasteiger partial charge in [0.2, 0.25) is 5.91 Å². The number of amidine groups is 1. The molecule has 0 saturated carbocycles. The van der Waals surface area contributed by atoms with Crippen LogP contribution in [0.25, 0.3) is 0 Å². The Morgan fingerprint density at radius 1 is 1.50 bits per heavy atom. The molecule has 1 fully saturated rings. The van der Waals surface area contributed by atoms with Gasteiger partial charge in [-0.15, -0.1) is 0 Å². The largest absolute Gasteiger partial charge is 0.362 e. The number of nitrogens with zero attached hydrogens (tertiary/aromatic N) is 2. The minimum atomic E-state index is 0.132. The molecule has 0 aliphatic carbocycles. The summed E-state index contributed by atoms with van der Waals surface area (Å²) in [5.41, 5.74) is 0.251. The molecular weight excluding hydrogens is 246 g/mol. The fourth-order valence-electron chi connectivity index (χ4n) is 1.75. The highest BCUT2D eigenvalue weighted by Gasteiger charge is 2.28. The Hall–Kier alpha value is -0.710. The van der Waals surface area contributed by atoms with E-state index < -0.39 is 0 Å². The topological polar surface area (TPSA) is 44.7 Å². The Balaban J connectivity index is 2.44. The van der Waals surface area contributed by atoms with Gasteiger partial charge >= 0.3 is 0 Å². The molecule has 1 atom stereocenters. The molecule has 0 radical (unpaired) electrons. The van der Waals surface area contributed by atoms with Crippen LogP contribution in [0.1, 0.15) is 33.6 Å². The quantitative estimate of drug-likeness (QED) is 0.853. The summed E-state index contributed by atoms with van der Waals surface area (Å²) in [6.45, 7) is 7.30. The average Bonchev–Trinajstić information content (AvgIpc) is 2.28. The van der Waals surface area contributed by atoms with E-state index >= 15 is 0 Å². The van der Waals surface area contributed by atoms with Crippen LogP contribution < -0.4 is 5.32 Å². The first-order chi connectivity index (χ1) is 8.30. The van der Waals surface area contributed by atoms with Gasteiger partial charge in [-0.2, -0.15) is 0 Å². The highest BCUT2D eigenvalue weighted by Crippen LogP contribution is 2.27. The van der Waals surface area contributed by atoms with E-state index in [1.54, 1.807) is 30.8 Å². The Kier molecular flexibility index (Phi) is 5.50. The zero-order valence-electron chi connectivity index (χ0n) is 12.1. The van der Waals surface area contributed by atoms with Crippen molar-refractivity contribution in [1.29, 1.82) is 0 Å². The third-order valence-electron chi connectivity index (χ3n) is 3.07. The molecule has 1 rings (SSSR count). The molecule has 4 nitrogen and oxygen atoms in total. The molecule has 1 aliphatic heterocycles. The second kappa shape index (κ2) is 6.45. The van der Waals surface area contributed by atoms with Crippen molar-refractivity contribution in [3.05, 3.63) is 0 Å². The maximum absolute atomic E-state index is 11.4. The Morgan fingerprint density at radius 3 is 2.72 bits per heavy atom. The molecule has 1 unspecified atom stereocenters. The SMILES string of the molecule is CN(C)C(=O)CCN=C1NC(C(C)(C)C)CCS1. The van der Waals surface area contributed by atoms with Crippen molar-refractivity contribution in [1.82, 2.24) is 10.2 Å². The second-order valence-corrected chi connectivity index (χ2v) is 7.01. The number of carbonyl (C=O) groups is 1. The van der Waals surface area contributed by atoms with Crippen molar-refractivity contribution >= 4 is 22.8 Å². The zero-order chi connectivity index (χ0) is 13.8. The predicted molar refractivity (Wildman–Crippen MR) is 79.1 cm³/mol. The van der Waals surface area contributed by atoms with Gasteiger partial charge in [-0.25, -0.2) is 0 Å². The van der Waals surface area contributed by atoms with Crippen LogP contribution >= 0.6 is 11.8 Å². The molecule has 1 amide bonds. The summed E-state index contributed by atoms with van der Waals surface area (Å²) in [6, 6.07) is 0.474. The van der Waals surface area contributed by atoms with Crippen molar-refractivity contribution in [2.24, 2.45) is 10.4 Å². The van der Waals surface area contributed by atoms with E-state index in [-0.39, 0.29) is 11.3 Å². The van der Waals surface area contributed by atoms with Gasteiger partial charge in [-0.1, -0.05) is 32.5 Å². The van der Waals surface area contributed by atoms with Crippen LogP contribution in [0.3, 0.4) is 0 Å². The standard InChI is InChI=1S/C13H25N3OS/c1-13(2,3)10-7-9-18-12(15-10)14-8-6-11(17)16(4)5/h10H,6-9H2,1-5H3,(H,14,15). The summed E-state index contributed by atoms with van der Waals surface area (Å²) < 4.78 is 0. The molecule has 0 aromatic rings. The molecular formula is C13H25N3OS. The first kappa shape index (κ1) is 15.3. The van der Waals surface area contributed by atoms with Crippen molar-refractivity contribution < 1.29 is 4.79 Å². The van der Waals surface area contributed by atoms with Crippen LogP contribution in [-0.4, -0.2) is 48.4 Å². The van der Waals surface area contributed by atoms with Crippen LogP contribution in [0, 0.1) is 5.41 Å². The predicted octanol–water partition coefficient (Wildman–Crippen LogP) is 1.96. The second-order valence-electron chi connectivity index (χ2n) is 5.93. The maximum atomic E-state index is 11.4. The first-order valence-electron chi connectivity index (χ1n) is 6.44. The molecule has 1 heterocycles. The van der Waals surface area contributed by atoms with Gasteiger partial charge in [0.25, 0.3) is 0 Å². The monoisotopic (exact) mass is 271 g/mol. The number of nitrogens with one attached hydrogen (secondary N) is 1. The van der Waals surface area contributed by atoms with Gasteiger partial charge in [0.15, 0.2) is 5.17 Å². The van der Waals surface area contributed by atoms with Crippen LogP contribution in [-0.2, 0) is 4.79 Å². The summed E-state index contributed by atoms with van der Waals surface area (Å²) in [6.07, 6.45) is 1.66. The maximum Gasteiger partial charge on any atom is 0.223 e. The molecule has 18 heavy (non-hydrogen) atoms. The van der Waals surface area contributed by atoms with Gasteiger partial charge < -0.3 is 10.2 Å². The van der Waals surface area contributed by atoms with Gasteiger partial charge in [-0.05, 0) is 11.8 Å². The molecule has 5 heteroatoms. The van der Waals surface area contributed by atoms with E-state index in [0.717, 1.165) is 10.9 Å². The van der Waals surface area contributed by atoms with Crippen LogP contribution in [0.5, 0.6) is 0 Å². The molecule has 0 bridgehead atoms. The lowest BCUT2D eigenvalue weighted by molar-refractivity contribution is -0.128. The van der Waals surface area contributed by atoms with Crippen molar-refractivity contribution in [2.75, 3.05) is 26.4 Å². The lowest BCUT2D eigenvalue weighted by Gasteiger charge is -2.35. The van der Waals surface area contributed by atoms with E-state index in [1.165, 1.54) is 6.42 Å². The molecule has 1 aliphatic rings. The first-order valence-corrected chi connectivity index (χ1v) is 7.43. The highest BCUT2D eigenvalue weighted by atomic mass is 32.2. The number of rotatable bonds is 3. The number of hydrogen-bond acceptors (Lipinski definition) is 3. The van der Waals surface area contributed by atoms with E-state index in [1.807, 2.05) is 0 Å². The van der Waals surface area contributed by atoms with Crippen LogP contribution in [0.2, 0.25) is 0 Å². The van der Waals surface area contributed by atoms with Crippen LogP contribution in [0.4, 0.5) is 0 Å². The van der Waals surface area contributed by atoms with Gasteiger partial charge in [0, 0.05) is 32.3 Å². The zero-order valence-corrected chi connectivity index (χ0v) is 12.9. The summed E-state index contributed by atoms with van der Waals surface area (Å²) in [5, 5.41) is 4.48. The summed E-state index contributed by atoms with van der Waals surface area (Å²) in [4.78, 5) is 17.5. The molecule has 104 valence electrons. The summed E-state index contributed by atoms with van der Waals surface area (Å²) >= 11 is 1.76. The van der Waals surface area contributed by atoms with Gasteiger partial charge in [0.05, 0.1) is 6.54 Å². The Morgan fingerprint density at radius 2 is 2.17 bits per heavy atom. The summed E-state index contributed by atoms with van der Waals surface area (Å²) in [5.74, 6) is 1.24. The minimum Gasteiger partial charge on any atom is -0.362 e. The third kappa shape index (κ3) is 4.88. The Bertz CT molecular complexity index is 321. The average molecular weight is 271 g/mol. The van der Waals surface area contributed by atoms with Crippen molar-refractivity contribution in [3.63, 3.8) is 0 Å². The fourth-order valence-corrected chi connectivity index (χ4v) is 2.71.